The summed E-state index contributed by atoms with van der Waals surface area (Å²) in [6.45, 7) is 1.82. The Morgan fingerprint density at radius 2 is 2.10 bits per heavy atom. The summed E-state index contributed by atoms with van der Waals surface area (Å²) in [7, 11) is 1.52. The number of hydrogen-bond donors (Lipinski definition) is 1. The molecule has 7 nitrogen and oxygen atoms in total. The molecule has 4 heterocycles. The van der Waals surface area contributed by atoms with Gasteiger partial charge in [-0.2, -0.15) is 0 Å². The number of para-hydroxylation sites is 1. The third kappa shape index (κ3) is 3.05. The molecule has 5 rings (SSSR count). The molecule has 0 aliphatic carbocycles. The first kappa shape index (κ1) is 19.5. The summed E-state index contributed by atoms with van der Waals surface area (Å²) in [6.07, 6.45) is 0. The van der Waals surface area contributed by atoms with Crippen LogP contribution in [0.1, 0.15) is 27.2 Å². The first-order valence-electron chi connectivity index (χ1n) is 9.33. The molecule has 1 N–H and O–H groups in total. The van der Waals surface area contributed by atoms with E-state index in [-0.39, 0.29) is 11.3 Å². The molecule has 0 bridgehead atoms. The Kier molecular flexibility index (Phi) is 4.64. The molecular formula is C22H16N2O5S2. The SMILES string of the molecule is COc1cccc2cc(C(=O)C3=C(O)C(=O)N(c4nc(C)cs4)C3c3cccs3)oc12. The van der Waals surface area contributed by atoms with E-state index in [0.717, 1.165) is 10.6 Å². The molecule has 1 amide bonds. The number of hydrogen-bond acceptors (Lipinski definition) is 8. The van der Waals surface area contributed by atoms with Crippen LogP contribution in [0.5, 0.6) is 5.75 Å². The van der Waals surface area contributed by atoms with E-state index in [0.29, 0.717) is 21.9 Å². The van der Waals surface area contributed by atoms with Crippen molar-refractivity contribution in [3.63, 3.8) is 0 Å². The minimum Gasteiger partial charge on any atom is -0.503 e. The summed E-state index contributed by atoms with van der Waals surface area (Å²) >= 11 is 2.67. The first-order valence-corrected chi connectivity index (χ1v) is 11.1. The van der Waals surface area contributed by atoms with E-state index in [1.165, 1.54) is 34.7 Å². The number of fused-ring (bicyclic) bond motifs is 1. The molecule has 9 heteroatoms. The number of benzene rings is 1. The van der Waals surface area contributed by atoms with E-state index < -0.39 is 23.5 Å². The van der Waals surface area contributed by atoms with Crippen LogP contribution in [-0.2, 0) is 4.79 Å². The Labute approximate surface area is 184 Å². The number of ketones is 1. The fraction of sp³-hybridized carbons (Fsp3) is 0.136. The van der Waals surface area contributed by atoms with Gasteiger partial charge in [-0.15, -0.1) is 22.7 Å². The Bertz CT molecular complexity index is 1350. The van der Waals surface area contributed by atoms with Gasteiger partial charge in [0.1, 0.15) is 6.04 Å². The van der Waals surface area contributed by atoms with Gasteiger partial charge >= 0.3 is 0 Å². The smallest absolute Gasteiger partial charge is 0.296 e. The number of carbonyl (C=O) groups is 2. The second-order valence-electron chi connectivity index (χ2n) is 6.95. The lowest BCUT2D eigenvalue weighted by molar-refractivity contribution is -0.117. The molecule has 1 aliphatic heterocycles. The van der Waals surface area contributed by atoms with Gasteiger partial charge in [-0.05, 0) is 30.5 Å². The third-order valence-electron chi connectivity index (χ3n) is 5.03. The predicted molar refractivity (Wildman–Crippen MR) is 118 cm³/mol. The average Bonchev–Trinajstić information content (AvgIpc) is 3.54. The maximum atomic E-state index is 13.5. The molecule has 0 fully saturated rings. The van der Waals surface area contributed by atoms with Crippen molar-refractivity contribution in [3.8, 4) is 5.75 Å². The Balaban J connectivity index is 1.64. The normalized spacial score (nSPS) is 16.5. The van der Waals surface area contributed by atoms with E-state index in [2.05, 4.69) is 4.98 Å². The van der Waals surface area contributed by atoms with Crippen molar-refractivity contribution in [1.29, 1.82) is 0 Å². The van der Waals surface area contributed by atoms with Gasteiger partial charge in [0.05, 0.1) is 18.4 Å². The van der Waals surface area contributed by atoms with Gasteiger partial charge in [0, 0.05) is 15.6 Å². The number of aromatic nitrogens is 1. The van der Waals surface area contributed by atoms with Crippen LogP contribution in [0.25, 0.3) is 11.0 Å². The van der Waals surface area contributed by atoms with Gasteiger partial charge in [-0.1, -0.05) is 18.2 Å². The third-order valence-corrected chi connectivity index (χ3v) is 6.91. The summed E-state index contributed by atoms with van der Waals surface area (Å²) in [6, 6.07) is 9.78. The lowest BCUT2D eigenvalue weighted by atomic mass is 10.0. The number of ether oxygens (including phenoxy) is 1. The van der Waals surface area contributed by atoms with Crippen LogP contribution in [0.3, 0.4) is 0 Å². The summed E-state index contributed by atoms with van der Waals surface area (Å²) in [5.74, 6) is -1.30. The first-order chi connectivity index (χ1) is 15.0. The maximum absolute atomic E-state index is 13.5. The number of Topliss-reactive ketones (excluding diaryl/α,β-unsaturated/α-hetero) is 1. The molecule has 0 saturated carbocycles. The molecule has 1 unspecified atom stereocenters. The quantitative estimate of drug-likeness (QED) is 0.426. The number of amides is 1. The maximum Gasteiger partial charge on any atom is 0.296 e. The molecule has 1 atom stereocenters. The highest BCUT2D eigenvalue weighted by Gasteiger charge is 2.47. The van der Waals surface area contributed by atoms with Crippen LogP contribution < -0.4 is 9.64 Å². The van der Waals surface area contributed by atoms with Crippen molar-refractivity contribution in [2.75, 3.05) is 12.0 Å². The molecular weight excluding hydrogens is 436 g/mol. The molecule has 3 aromatic heterocycles. The van der Waals surface area contributed by atoms with Gasteiger partial charge in [0.2, 0.25) is 5.78 Å². The van der Waals surface area contributed by atoms with Crippen molar-refractivity contribution >= 4 is 50.5 Å². The van der Waals surface area contributed by atoms with Gasteiger partial charge in [0.15, 0.2) is 28.0 Å². The van der Waals surface area contributed by atoms with Crippen LogP contribution in [0.15, 0.2) is 62.9 Å². The zero-order valence-electron chi connectivity index (χ0n) is 16.5. The number of carbonyl (C=O) groups excluding carboxylic acids is 2. The van der Waals surface area contributed by atoms with E-state index in [1.807, 2.05) is 29.8 Å². The van der Waals surface area contributed by atoms with Crippen molar-refractivity contribution in [2.45, 2.75) is 13.0 Å². The van der Waals surface area contributed by atoms with Gasteiger partial charge in [-0.25, -0.2) is 4.98 Å². The van der Waals surface area contributed by atoms with Crippen LogP contribution >= 0.6 is 22.7 Å². The molecule has 0 spiro atoms. The molecule has 0 saturated heterocycles. The van der Waals surface area contributed by atoms with Crippen molar-refractivity contribution < 1.29 is 23.8 Å². The lowest BCUT2D eigenvalue weighted by Crippen LogP contribution is -2.30. The second-order valence-corrected chi connectivity index (χ2v) is 8.76. The number of thiazole rings is 1. The van der Waals surface area contributed by atoms with E-state index in [1.54, 1.807) is 24.3 Å². The van der Waals surface area contributed by atoms with Crippen LogP contribution in [0.4, 0.5) is 5.13 Å². The van der Waals surface area contributed by atoms with E-state index in [4.69, 9.17) is 9.15 Å². The number of rotatable bonds is 5. The number of aryl methyl sites for hydroxylation is 1. The number of aliphatic hydroxyl groups is 1. The monoisotopic (exact) mass is 452 g/mol. The molecule has 4 aromatic rings. The fourth-order valence-electron chi connectivity index (χ4n) is 3.64. The predicted octanol–water partition coefficient (Wildman–Crippen LogP) is 5.05. The van der Waals surface area contributed by atoms with Gasteiger partial charge in [0.25, 0.3) is 5.91 Å². The standard InChI is InChI=1S/C22H16N2O5S2/c1-11-10-31-22(23-11)24-17(15-7-4-8-30-15)16(19(26)21(24)27)18(25)14-9-12-5-3-6-13(28-2)20(12)29-14/h3-10,17,26H,1-2H3. The van der Waals surface area contributed by atoms with Crippen LogP contribution in [0.2, 0.25) is 0 Å². The van der Waals surface area contributed by atoms with Gasteiger partial charge < -0.3 is 14.3 Å². The largest absolute Gasteiger partial charge is 0.503 e. The number of methoxy groups -OCH3 is 1. The average molecular weight is 453 g/mol. The highest BCUT2D eigenvalue weighted by molar-refractivity contribution is 7.14. The van der Waals surface area contributed by atoms with E-state index in [9.17, 15) is 14.7 Å². The molecule has 1 aromatic carbocycles. The van der Waals surface area contributed by atoms with Crippen molar-refractivity contribution in [1.82, 2.24) is 4.98 Å². The minimum absolute atomic E-state index is 0.0209. The molecule has 156 valence electrons. The number of thiophene rings is 1. The van der Waals surface area contributed by atoms with Crippen LogP contribution in [0, 0.1) is 6.92 Å². The molecule has 31 heavy (non-hydrogen) atoms. The summed E-state index contributed by atoms with van der Waals surface area (Å²) in [5.41, 5.74) is 1.15. The topological polar surface area (TPSA) is 92.9 Å². The number of nitrogens with zero attached hydrogens (tertiary/aromatic N) is 2. The van der Waals surface area contributed by atoms with Crippen LogP contribution in [-0.4, -0.2) is 28.9 Å². The highest BCUT2D eigenvalue weighted by Crippen LogP contribution is 2.44. The highest BCUT2D eigenvalue weighted by atomic mass is 32.1. The Hall–Kier alpha value is -3.43. The van der Waals surface area contributed by atoms with Gasteiger partial charge in [-0.3, -0.25) is 14.5 Å². The Morgan fingerprint density at radius 3 is 2.77 bits per heavy atom. The molecule has 1 aliphatic rings. The zero-order valence-corrected chi connectivity index (χ0v) is 18.1. The second kappa shape index (κ2) is 7.36. The zero-order chi connectivity index (χ0) is 21.7. The summed E-state index contributed by atoms with van der Waals surface area (Å²) < 4.78 is 11.1. The fourth-order valence-corrected chi connectivity index (χ4v) is 5.30. The number of furan rings is 1. The summed E-state index contributed by atoms with van der Waals surface area (Å²) in [5, 5.41) is 15.5. The minimum atomic E-state index is -0.791. The number of aliphatic hydroxyl groups excluding tert-OH is 1. The van der Waals surface area contributed by atoms with E-state index >= 15 is 0 Å². The van der Waals surface area contributed by atoms with Crippen molar-refractivity contribution in [3.05, 3.63) is 74.8 Å². The van der Waals surface area contributed by atoms with Crippen molar-refractivity contribution in [2.24, 2.45) is 0 Å². The Morgan fingerprint density at radius 1 is 1.26 bits per heavy atom. The molecule has 0 radical (unpaired) electrons. The summed E-state index contributed by atoms with van der Waals surface area (Å²) in [4.78, 5) is 33.1. The number of anilines is 1. The lowest BCUT2D eigenvalue weighted by Gasteiger charge is -2.22.